The van der Waals surface area contributed by atoms with E-state index in [9.17, 15) is 14.9 Å². The molecule has 8 nitrogen and oxygen atoms in total. The molecule has 1 amide bonds. The number of benzene rings is 2. The minimum absolute atomic E-state index is 0.0896. The lowest BCUT2D eigenvalue weighted by atomic mass is 10.2. The Hall–Kier alpha value is -3.20. The van der Waals surface area contributed by atoms with Gasteiger partial charge in [-0.05, 0) is 19.1 Å². The molecule has 0 aliphatic heterocycles. The topological polar surface area (TPSA) is 107 Å². The fourth-order valence-electron chi connectivity index (χ4n) is 2.50. The quantitative estimate of drug-likeness (QED) is 0.299. The first kappa shape index (κ1) is 18.6. The molecule has 0 atom stereocenters. The van der Waals surface area contributed by atoms with Gasteiger partial charge in [-0.15, -0.1) is 0 Å². The van der Waals surface area contributed by atoms with Crippen molar-refractivity contribution in [2.75, 3.05) is 18.2 Å². The summed E-state index contributed by atoms with van der Waals surface area (Å²) in [6, 6.07) is 11.6. The Labute approximate surface area is 159 Å². The average molecular weight is 384 g/mol. The molecule has 0 radical (unpaired) electrons. The second-order valence-corrected chi connectivity index (χ2v) is 6.54. The van der Waals surface area contributed by atoms with Gasteiger partial charge in [0.25, 0.3) is 5.69 Å². The summed E-state index contributed by atoms with van der Waals surface area (Å²) < 4.78 is 5.15. The number of rotatable bonds is 6. The summed E-state index contributed by atoms with van der Waals surface area (Å²) in [5, 5.41) is 15.2. The Morgan fingerprint density at radius 2 is 2.04 bits per heavy atom. The Kier molecular flexibility index (Phi) is 5.51. The molecule has 27 heavy (non-hydrogen) atoms. The number of carbonyl (C=O) groups excluding carboxylic acids is 1. The van der Waals surface area contributed by atoms with Crippen LogP contribution in [0.5, 0.6) is 5.75 Å². The van der Waals surface area contributed by atoms with Gasteiger partial charge >= 0.3 is 0 Å². The highest BCUT2D eigenvalue weighted by Crippen LogP contribution is 2.30. The van der Waals surface area contributed by atoms with E-state index in [4.69, 9.17) is 4.74 Å². The number of hydrogen-bond donors (Lipinski definition) is 1. The van der Waals surface area contributed by atoms with Gasteiger partial charge in [-0.2, -0.15) is 0 Å². The predicted molar refractivity (Wildman–Crippen MR) is 103 cm³/mol. The highest BCUT2D eigenvalue weighted by molar-refractivity contribution is 8.00. The number of carbonyl (C=O) groups is 1. The maximum atomic E-state index is 12.4. The lowest BCUT2D eigenvalue weighted by Gasteiger charge is -2.10. The van der Waals surface area contributed by atoms with Crippen LogP contribution >= 0.6 is 11.8 Å². The van der Waals surface area contributed by atoms with Gasteiger partial charge < -0.3 is 10.1 Å². The third-order valence-electron chi connectivity index (χ3n) is 3.69. The van der Waals surface area contributed by atoms with Gasteiger partial charge in [0, 0.05) is 17.5 Å². The van der Waals surface area contributed by atoms with Crippen LogP contribution in [0.3, 0.4) is 0 Å². The highest BCUT2D eigenvalue weighted by Gasteiger charge is 2.15. The molecule has 3 aromatic rings. The van der Waals surface area contributed by atoms with Gasteiger partial charge in [0.1, 0.15) is 16.6 Å². The van der Waals surface area contributed by atoms with E-state index in [-0.39, 0.29) is 23.0 Å². The lowest BCUT2D eigenvalue weighted by Crippen LogP contribution is -2.15. The Balaban J connectivity index is 1.76. The van der Waals surface area contributed by atoms with Crippen LogP contribution in [-0.4, -0.2) is 33.7 Å². The second kappa shape index (κ2) is 8.00. The van der Waals surface area contributed by atoms with E-state index in [0.717, 1.165) is 10.9 Å². The van der Waals surface area contributed by atoms with E-state index in [1.165, 1.54) is 37.1 Å². The zero-order valence-electron chi connectivity index (χ0n) is 14.6. The summed E-state index contributed by atoms with van der Waals surface area (Å²) in [4.78, 5) is 31.6. The van der Waals surface area contributed by atoms with E-state index in [1.807, 2.05) is 24.3 Å². The fourth-order valence-corrected chi connectivity index (χ4v) is 3.36. The number of amides is 1. The number of nitrogens with one attached hydrogen (secondary N) is 1. The van der Waals surface area contributed by atoms with Gasteiger partial charge in [0.05, 0.1) is 29.0 Å². The zero-order valence-corrected chi connectivity index (χ0v) is 15.4. The van der Waals surface area contributed by atoms with E-state index in [0.29, 0.717) is 16.6 Å². The van der Waals surface area contributed by atoms with E-state index in [1.54, 1.807) is 6.92 Å². The number of nitro benzene ring substituents is 1. The number of non-ortho nitro benzene ring substituents is 1. The zero-order chi connectivity index (χ0) is 19.4. The molecule has 1 N–H and O–H groups in total. The summed E-state index contributed by atoms with van der Waals surface area (Å²) in [5.41, 5.74) is 0.936. The molecule has 138 valence electrons. The predicted octanol–water partition coefficient (Wildman–Crippen LogP) is 3.59. The Bertz CT molecular complexity index is 1030. The first-order valence-electron chi connectivity index (χ1n) is 7.96. The molecule has 1 heterocycles. The average Bonchev–Trinajstić information content (AvgIpc) is 2.65. The van der Waals surface area contributed by atoms with Crippen molar-refractivity contribution >= 4 is 39.9 Å². The molecule has 0 fully saturated rings. The first-order valence-corrected chi connectivity index (χ1v) is 8.95. The van der Waals surface area contributed by atoms with Crippen molar-refractivity contribution in [1.82, 2.24) is 9.97 Å². The summed E-state index contributed by atoms with van der Waals surface area (Å²) in [6.07, 6.45) is 0. The molecule has 2 aromatic carbocycles. The van der Waals surface area contributed by atoms with Crippen LogP contribution in [0.25, 0.3) is 10.9 Å². The number of methoxy groups -OCH3 is 1. The number of thioether (sulfide) groups is 1. The van der Waals surface area contributed by atoms with Crippen LogP contribution in [0, 0.1) is 17.0 Å². The number of aryl methyl sites for hydroxylation is 1. The van der Waals surface area contributed by atoms with Crippen molar-refractivity contribution in [1.29, 1.82) is 0 Å². The molecule has 0 spiro atoms. The number of ether oxygens (including phenoxy) is 1. The van der Waals surface area contributed by atoms with Crippen LogP contribution in [0.2, 0.25) is 0 Å². The third-order valence-corrected chi connectivity index (χ3v) is 4.68. The highest BCUT2D eigenvalue weighted by atomic mass is 32.2. The SMILES string of the molecule is COc1ccc([N+](=O)[O-])cc1NC(=O)CSc1nc(C)nc2ccccc12. The maximum Gasteiger partial charge on any atom is 0.271 e. The molecule has 1 aromatic heterocycles. The molecule has 0 aliphatic carbocycles. The summed E-state index contributed by atoms with van der Waals surface area (Å²) >= 11 is 1.28. The van der Waals surface area contributed by atoms with E-state index in [2.05, 4.69) is 15.3 Å². The van der Waals surface area contributed by atoms with Gasteiger partial charge in [0.15, 0.2) is 0 Å². The molecule has 0 saturated carbocycles. The Morgan fingerprint density at radius 3 is 2.78 bits per heavy atom. The summed E-state index contributed by atoms with van der Waals surface area (Å²) in [7, 11) is 1.43. The standard InChI is InChI=1S/C18H16N4O4S/c1-11-19-14-6-4-3-5-13(14)18(20-11)27-10-17(23)21-15-9-12(22(24)25)7-8-16(15)26-2/h3-9H,10H2,1-2H3,(H,21,23). The molecule has 0 bridgehead atoms. The van der Waals surface area contributed by atoms with Crippen LogP contribution in [0.1, 0.15) is 5.82 Å². The number of nitrogens with zero attached hydrogens (tertiary/aromatic N) is 3. The van der Waals surface area contributed by atoms with Crippen molar-refractivity contribution in [3.8, 4) is 5.75 Å². The molecular formula is C18H16N4O4S. The number of anilines is 1. The van der Waals surface area contributed by atoms with Crippen molar-refractivity contribution in [3.05, 3.63) is 58.4 Å². The Morgan fingerprint density at radius 1 is 1.26 bits per heavy atom. The second-order valence-electron chi connectivity index (χ2n) is 5.57. The summed E-state index contributed by atoms with van der Waals surface area (Å²) in [5.74, 6) is 0.741. The molecular weight excluding hydrogens is 368 g/mol. The monoisotopic (exact) mass is 384 g/mol. The van der Waals surface area contributed by atoms with Crippen molar-refractivity contribution in [2.24, 2.45) is 0 Å². The first-order chi connectivity index (χ1) is 13.0. The number of fused-ring (bicyclic) bond motifs is 1. The molecule has 3 rings (SSSR count). The molecule has 0 saturated heterocycles. The van der Waals surface area contributed by atoms with Crippen LogP contribution in [-0.2, 0) is 4.79 Å². The van der Waals surface area contributed by atoms with Gasteiger partial charge in [-0.1, -0.05) is 30.0 Å². The van der Waals surface area contributed by atoms with Crippen molar-refractivity contribution in [2.45, 2.75) is 11.9 Å². The third kappa shape index (κ3) is 4.32. The fraction of sp³-hybridized carbons (Fsp3) is 0.167. The molecule has 9 heteroatoms. The van der Waals surface area contributed by atoms with Crippen LogP contribution in [0.4, 0.5) is 11.4 Å². The smallest absolute Gasteiger partial charge is 0.271 e. The molecule has 0 aliphatic rings. The maximum absolute atomic E-state index is 12.4. The minimum Gasteiger partial charge on any atom is -0.495 e. The van der Waals surface area contributed by atoms with Crippen molar-refractivity contribution < 1.29 is 14.5 Å². The van der Waals surface area contributed by atoms with Gasteiger partial charge in [-0.25, -0.2) is 9.97 Å². The number of nitro groups is 1. The number of para-hydroxylation sites is 1. The largest absolute Gasteiger partial charge is 0.495 e. The lowest BCUT2D eigenvalue weighted by molar-refractivity contribution is -0.384. The molecule has 0 unspecified atom stereocenters. The minimum atomic E-state index is -0.528. The number of aromatic nitrogens is 2. The normalized spacial score (nSPS) is 10.6. The van der Waals surface area contributed by atoms with Crippen LogP contribution in [0.15, 0.2) is 47.5 Å². The number of hydrogen-bond acceptors (Lipinski definition) is 7. The van der Waals surface area contributed by atoms with Crippen molar-refractivity contribution in [3.63, 3.8) is 0 Å². The van der Waals surface area contributed by atoms with Gasteiger partial charge in [0.2, 0.25) is 5.91 Å². The van der Waals surface area contributed by atoms with Gasteiger partial charge in [-0.3, -0.25) is 14.9 Å². The van der Waals surface area contributed by atoms with E-state index >= 15 is 0 Å². The van der Waals surface area contributed by atoms with Crippen LogP contribution < -0.4 is 10.1 Å². The summed E-state index contributed by atoms with van der Waals surface area (Å²) in [6.45, 7) is 1.80. The van der Waals surface area contributed by atoms with E-state index < -0.39 is 4.92 Å².